The first-order valence-electron chi connectivity index (χ1n) is 11.2. The fourth-order valence-corrected chi connectivity index (χ4v) is 5.14. The van der Waals surface area contributed by atoms with Gasteiger partial charge in [0.05, 0.1) is 5.02 Å². The van der Waals surface area contributed by atoms with Gasteiger partial charge in [0.25, 0.3) is 15.9 Å². The summed E-state index contributed by atoms with van der Waals surface area (Å²) in [5.41, 5.74) is 4.74. The fourth-order valence-electron chi connectivity index (χ4n) is 3.56. The molecule has 0 aliphatic heterocycles. The third kappa shape index (κ3) is 6.10. The SMILES string of the molecule is CCN(CC)c1ccc(CNC(=O)c2ccc(Cl)c(S(=O)(=O)Nc3ccc(C)c(C)c3)c2)cc1. The Bertz CT molecular complexity index is 1270. The number of anilines is 2. The summed E-state index contributed by atoms with van der Waals surface area (Å²) in [4.78, 5) is 14.8. The molecular formula is C26H30ClN3O3S. The van der Waals surface area contributed by atoms with Crippen LogP contribution >= 0.6 is 11.6 Å². The number of carbonyl (C=O) groups is 1. The van der Waals surface area contributed by atoms with E-state index in [9.17, 15) is 13.2 Å². The van der Waals surface area contributed by atoms with E-state index in [-0.39, 0.29) is 21.4 Å². The normalized spacial score (nSPS) is 11.2. The van der Waals surface area contributed by atoms with Crippen LogP contribution in [0.25, 0.3) is 0 Å². The van der Waals surface area contributed by atoms with E-state index in [1.165, 1.54) is 18.2 Å². The predicted molar refractivity (Wildman–Crippen MR) is 139 cm³/mol. The molecule has 0 unspecified atom stereocenters. The average Bonchev–Trinajstić information content (AvgIpc) is 2.81. The zero-order valence-electron chi connectivity index (χ0n) is 19.9. The number of rotatable bonds is 9. The minimum atomic E-state index is -3.98. The van der Waals surface area contributed by atoms with Gasteiger partial charge in [0, 0.05) is 36.6 Å². The Labute approximate surface area is 207 Å². The maximum atomic E-state index is 13.0. The number of nitrogens with zero attached hydrogens (tertiary/aromatic N) is 1. The highest BCUT2D eigenvalue weighted by atomic mass is 35.5. The van der Waals surface area contributed by atoms with Crippen molar-refractivity contribution in [2.75, 3.05) is 22.7 Å². The average molecular weight is 500 g/mol. The Kier molecular flexibility index (Phi) is 8.23. The summed E-state index contributed by atoms with van der Waals surface area (Å²) in [5.74, 6) is -0.382. The molecule has 0 spiro atoms. The van der Waals surface area contributed by atoms with Crippen molar-refractivity contribution in [1.82, 2.24) is 5.32 Å². The van der Waals surface area contributed by atoms with Crippen molar-refractivity contribution < 1.29 is 13.2 Å². The molecule has 3 rings (SSSR count). The molecule has 8 heteroatoms. The van der Waals surface area contributed by atoms with Crippen LogP contribution in [-0.2, 0) is 16.6 Å². The Balaban J connectivity index is 1.73. The molecule has 1 amide bonds. The minimum Gasteiger partial charge on any atom is -0.372 e. The van der Waals surface area contributed by atoms with Crippen molar-refractivity contribution in [3.8, 4) is 0 Å². The lowest BCUT2D eigenvalue weighted by Gasteiger charge is -2.21. The molecule has 3 aromatic rings. The molecule has 180 valence electrons. The Morgan fingerprint density at radius 2 is 1.59 bits per heavy atom. The van der Waals surface area contributed by atoms with Gasteiger partial charge in [-0.25, -0.2) is 8.42 Å². The Hall–Kier alpha value is -3.03. The number of hydrogen-bond donors (Lipinski definition) is 2. The maximum Gasteiger partial charge on any atom is 0.263 e. The molecule has 0 aliphatic rings. The number of aryl methyl sites for hydroxylation is 2. The molecule has 0 bridgehead atoms. The molecule has 0 aromatic heterocycles. The van der Waals surface area contributed by atoms with Crippen LogP contribution in [0.2, 0.25) is 5.02 Å². The summed E-state index contributed by atoms with van der Waals surface area (Å²) in [7, 11) is -3.98. The molecule has 0 saturated carbocycles. The van der Waals surface area contributed by atoms with E-state index in [1.54, 1.807) is 12.1 Å². The number of carbonyl (C=O) groups excluding carboxylic acids is 1. The third-order valence-corrected chi connectivity index (χ3v) is 7.62. The highest BCUT2D eigenvalue weighted by molar-refractivity contribution is 7.92. The minimum absolute atomic E-state index is 0.0416. The molecule has 0 heterocycles. The summed E-state index contributed by atoms with van der Waals surface area (Å²) in [6.07, 6.45) is 0. The van der Waals surface area contributed by atoms with E-state index in [2.05, 4.69) is 28.8 Å². The van der Waals surface area contributed by atoms with E-state index in [4.69, 9.17) is 11.6 Å². The highest BCUT2D eigenvalue weighted by Crippen LogP contribution is 2.26. The van der Waals surface area contributed by atoms with Crippen molar-refractivity contribution in [1.29, 1.82) is 0 Å². The topological polar surface area (TPSA) is 78.5 Å². The molecule has 0 aliphatic carbocycles. The standard InChI is InChI=1S/C26H30ClN3O3S/c1-5-30(6-2)23-12-8-20(9-13-23)17-28-26(31)21-10-14-24(27)25(16-21)34(32,33)29-22-11-7-18(3)19(4)15-22/h7-16,29H,5-6,17H2,1-4H3,(H,28,31). The predicted octanol–water partition coefficient (Wildman–Crippen LogP) is 5.53. The molecule has 3 aromatic carbocycles. The first kappa shape index (κ1) is 25.6. The molecular weight excluding hydrogens is 470 g/mol. The van der Waals surface area contributed by atoms with E-state index >= 15 is 0 Å². The molecule has 2 N–H and O–H groups in total. The lowest BCUT2D eigenvalue weighted by atomic mass is 10.1. The third-order valence-electron chi connectivity index (χ3n) is 5.76. The number of amides is 1. The molecule has 0 atom stereocenters. The van der Waals surface area contributed by atoms with Gasteiger partial charge in [-0.1, -0.05) is 29.8 Å². The van der Waals surface area contributed by atoms with Crippen LogP contribution in [0.15, 0.2) is 65.6 Å². The van der Waals surface area contributed by atoms with Crippen LogP contribution < -0.4 is 14.9 Å². The molecule has 34 heavy (non-hydrogen) atoms. The van der Waals surface area contributed by atoms with E-state index < -0.39 is 10.0 Å². The van der Waals surface area contributed by atoms with Crippen LogP contribution in [0.4, 0.5) is 11.4 Å². The maximum absolute atomic E-state index is 13.0. The van der Waals surface area contributed by atoms with Crippen molar-refractivity contribution in [3.63, 3.8) is 0 Å². The summed E-state index contributed by atoms with van der Waals surface area (Å²) in [5, 5.41) is 2.88. The molecule has 6 nitrogen and oxygen atoms in total. The zero-order chi connectivity index (χ0) is 24.9. The smallest absolute Gasteiger partial charge is 0.263 e. The molecule has 0 fully saturated rings. The number of nitrogens with one attached hydrogen (secondary N) is 2. The number of benzene rings is 3. The molecule has 0 radical (unpaired) electrons. The quantitative estimate of drug-likeness (QED) is 0.405. The first-order valence-corrected chi connectivity index (χ1v) is 13.0. The van der Waals surface area contributed by atoms with Gasteiger partial charge in [-0.05, 0) is 86.8 Å². The van der Waals surface area contributed by atoms with E-state index in [0.29, 0.717) is 12.2 Å². The summed E-state index contributed by atoms with van der Waals surface area (Å²) in [6, 6.07) is 17.5. The second-order valence-electron chi connectivity index (χ2n) is 8.07. The molecule has 0 saturated heterocycles. The highest BCUT2D eigenvalue weighted by Gasteiger charge is 2.21. The van der Waals surface area contributed by atoms with Gasteiger partial charge >= 0.3 is 0 Å². The Morgan fingerprint density at radius 3 is 2.21 bits per heavy atom. The lowest BCUT2D eigenvalue weighted by Crippen LogP contribution is -2.24. The van der Waals surface area contributed by atoms with Crippen molar-refractivity contribution in [3.05, 3.63) is 87.9 Å². The monoisotopic (exact) mass is 499 g/mol. The number of sulfonamides is 1. The van der Waals surface area contributed by atoms with Gasteiger partial charge in [-0.3, -0.25) is 9.52 Å². The van der Waals surface area contributed by atoms with Gasteiger partial charge in [-0.2, -0.15) is 0 Å². The van der Waals surface area contributed by atoms with Crippen LogP contribution in [0, 0.1) is 13.8 Å². The number of halogens is 1. The van der Waals surface area contributed by atoms with Gasteiger partial charge in [-0.15, -0.1) is 0 Å². The van der Waals surface area contributed by atoms with Crippen LogP contribution in [-0.4, -0.2) is 27.4 Å². The van der Waals surface area contributed by atoms with Gasteiger partial charge in [0.1, 0.15) is 4.90 Å². The van der Waals surface area contributed by atoms with Crippen molar-refractivity contribution in [2.45, 2.75) is 39.1 Å². The van der Waals surface area contributed by atoms with Crippen molar-refractivity contribution in [2.24, 2.45) is 0 Å². The summed E-state index contributed by atoms with van der Waals surface area (Å²) >= 11 is 6.19. The van der Waals surface area contributed by atoms with E-state index in [1.807, 2.05) is 44.2 Å². The van der Waals surface area contributed by atoms with Gasteiger partial charge in [0.15, 0.2) is 0 Å². The van der Waals surface area contributed by atoms with Gasteiger partial charge in [0.2, 0.25) is 0 Å². The van der Waals surface area contributed by atoms with Crippen LogP contribution in [0.1, 0.15) is 40.9 Å². The number of hydrogen-bond acceptors (Lipinski definition) is 4. The van der Waals surface area contributed by atoms with Crippen LogP contribution in [0.3, 0.4) is 0 Å². The van der Waals surface area contributed by atoms with Crippen LogP contribution in [0.5, 0.6) is 0 Å². The Morgan fingerprint density at radius 1 is 0.912 bits per heavy atom. The fraction of sp³-hybridized carbons (Fsp3) is 0.269. The lowest BCUT2D eigenvalue weighted by molar-refractivity contribution is 0.0950. The van der Waals surface area contributed by atoms with E-state index in [0.717, 1.165) is 35.5 Å². The van der Waals surface area contributed by atoms with Crippen molar-refractivity contribution >= 4 is 38.9 Å². The zero-order valence-corrected chi connectivity index (χ0v) is 21.4. The van der Waals surface area contributed by atoms with Gasteiger partial charge < -0.3 is 10.2 Å². The largest absolute Gasteiger partial charge is 0.372 e. The second-order valence-corrected chi connectivity index (χ2v) is 10.1. The second kappa shape index (κ2) is 10.9. The summed E-state index contributed by atoms with van der Waals surface area (Å²) < 4.78 is 28.5. The first-order chi connectivity index (χ1) is 16.1. The summed E-state index contributed by atoms with van der Waals surface area (Å²) in [6.45, 7) is 10.2.